The summed E-state index contributed by atoms with van der Waals surface area (Å²) in [6.45, 7) is 1.34. The van der Waals surface area contributed by atoms with Crippen LogP contribution in [0.15, 0.2) is 34.7 Å². The number of hydrogen-bond donors (Lipinski definition) is 2. The van der Waals surface area contributed by atoms with E-state index in [-0.39, 0.29) is 21.7 Å². The van der Waals surface area contributed by atoms with Gasteiger partial charge in [0.25, 0.3) is 10.0 Å². The Morgan fingerprint density at radius 1 is 1.38 bits per heavy atom. The van der Waals surface area contributed by atoms with Crippen LogP contribution in [0.5, 0.6) is 5.75 Å². The Kier molecular flexibility index (Phi) is 4.43. The van der Waals surface area contributed by atoms with Crippen molar-refractivity contribution in [2.45, 2.75) is 11.8 Å². The van der Waals surface area contributed by atoms with Crippen LogP contribution in [0.25, 0.3) is 0 Å². The van der Waals surface area contributed by atoms with E-state index in [1.54, 1.807) is 11.4 Å². The van der Waals surface area contributed by atoms with Crippen LogP contribution in [0.1, 0.15) is 6.92 Å². The van der Waals surface area contributed by atoms with E-state index in [1.807, 2.05) is 0 Å². The molecule has 21 heavy (non-hydrogen) atoms. The molecule has 0 spiro atoms. The predicted octanol–water partition coefficient (Wildman–Crippen LogP) is 1.91. The molecule has 0 bridgehead atoms. The van der Waals surface area contributed by atoms with E-state index in [9.17, 15) is 13.2 Å². The fourth-order valence-corrected chi connectivity index (χ4v) is 3.60. The van der Waals surface area contributed by atoms with E-state index < -0.39 is 10.0 Å². The van der Waals surface area contributed by atoms with Crippen molar-refractivity contribution in [1.29, 1.82) is 0 Å². The van der Waals surface area contributed by atoms with Crippen LogP contribution < -0.4 is 14.8 Å². The molecule has 0 unspecified atom stereocenters. The fraction of sp³-hybridized carbons (Fsp3) is 0.167. The molecule has 1 heterocycles. The smallest absolute Gasteiger partial charge is 0.267 e. The lowest BCUT2D eigenvalue weighted by molar-refractivity contribution is -0.114. The van der Waals surface area contributed by atoms with E-state index in [4.69, 9.17) is 4.74 Å². The number of amides is 1. The Morgan fingerprint density at radius 2 is 2.14 bits per heavy atom. The van der Waals surface area contributed by atoms with Crippen LogP contribution in [0.4, 0.5) is 10.8 Å². The van der Waals surface area contributed by atoms with Crippen LogP contribution in [0, 0.1) is 0 Å². The maximum absolute atomic E-state index is 12.4. The molecule has 0 saturated heterocycles. The third kappa shape index (κ3) is 3.70. The highest BCUT2D eigenvalue weighted by Gasteiger charge is 2.21. The zero-order valence-electron chi connectivity index (χ0n) is 11.3. The highest BCUT2D eigenvalue weighted by molar-refractivity contribution is 7.93. The van der Waals surface area contributed by atoms with Crippen molar-refractivity contribution in [3.05, 3.63) is 29.8 Å². The number of carbonyl (C=O) groups is 1. The van der Waals surface area contributed by atoms with Gasteiger partial charge in [0.15, 0.2) is 5.13 Å². The summed E-state index contributed by atoms with van der Waals surface area (Å²) < 4.78 is 32.2. The van der Waals surface area contributed by atoms with E-state index >= 15 is 0 Å². The number of aromatic nitrogens is 1. The molecule has 1 aromatic heterocycles. The molecule has 9 heteroatoms. The Labute approximate surface area is 126 Å². The number of ether oxygens (including phenoxy) is 1. The number of thiazole rings is 1. The van der Waals surface area contributed by atoms with Gasteiger partial charge in [-0.25, -0.2) is 13.4 Å². The van der Waals surface area contributed by atoms with Gasteiger partial charge in [-0.05, 0) is 18.2 Å². The van der Waals surface area contributed by atoms with Crippen molar-refractivity contribution >= 4 is 38.1 Å². The van der Waals surface area contributed by atoms with Gasteiger partial charge in [0.2, 0.25) is 5.91 Å². The predicted molar refractivity (Wildman–Crippen MR) is 80.2 cm³/mol. The zero-order valence-corrected chi connectivity index (χ0v) is 12.9. The second kappa shape index (κ2) is 6.10. The van der Waals surface area contributed by atoms with E-state index in [2.05, 4.69) is 15.0 Å². The van der Waals surface area contributed by atoms with Gasteiger partial charge >= 0.3 is 0 Å². The summed E-state index contributed by atoms with van der Waals surface area (Å²) in [5.41, 5.74) is 0.364. The Balaban J connectivity index is 2.42. The second-order valence-electron chi connectivity index (χ2n) is 3.99. The lowest BCUT2D eigenvalue weighted by Gasteiger charge is -2.12. The number of anilines is 2. The molecule has 1 aromatic carbocycles. The molecule has 0 saturated carbocycles. The Hall–Kier alpha value is -2.13. The summed E-state index contributed by atoms with van der Waals surface area (Å²) in [6, 6.07) is 4.36. The number of rotatable bonds is 5. The van der Waals surface area contributed by atoms with Crippen molar-refractivity contribution in [3.8, 4) is 5.75 Å². The molecular weight excluding hydrogens is 314 g/mol. The van der Waals surface area contributed by atoms with E-state index in [0.717, 1.165) is 11.3 Å². The molecule has 0 aliphatic carbocycles. The average molecular weight is 327 g/mol. The third-order valence-corrected chi connectivity index (χ3v) is 4.61. The molecule has 112 valence electrons. The molecule has 0 atom stereocenters. The molecule has 0 radical (unpaired) electrons. The summed E-state index contributed by atoms with van der Waals surface area (Å²) in [6.07, 6.45) is 1.49. The SMILES string of the molecule is COc1ccc(NC(C)=O)cc1S(=O)(=O)Nc1nccs1. The minimum Gasteiger partial charge on any atom is -0.495 e. The van der Waals surface area contributed by atoms with Gasteiger partial charge in [0.1, 0.15) is 10.6 Å². The first-order chi connectivity index (χ1) is 9.92. The Bertz CT molecular complexity index is 742. The van der Waals surface area contributed by atoms with Crippen molar-refractivity contribution in [2.24, 2.45) is 0 Å². The summed E-state index contributed by atoms with van der Waals surface area (Å²) >= 11 is 1.16. The van der Waals surface area contributed by atoms with Crippen LogP contribution in [0.3, 0.4) is 0 Å². The molecule has 7 nitrogen and oxygen atoms in total. The maximum Gasteiger partial charge on any atom is 0.267 e. The van der Waals surface area contributed by atoms with Crippen LogP contribution in [-0.4, -0.2) is 26.4 Å². The monoisotopic (exact) mass is 327 g/mol. The highest BCUT2D eigenvalue weighted by atomic mass is 32.2. The maximum atomic E-state index is 12.4. The number of sulfonamides is 1. The molecule has 0 fully saturated rings. The van der Waals surface area contributed by atoms with Crippen molar-refractivity contribution in [2.75, 3.05) is 17.1 Å². The molecule has 2 N–H and O–H groups in total. The van der Waals surface area contributed by atoms with E-state index in [1.165, 1.54) is 32.4 Å². The second-order valence-corrected chi connectivity index (χ2v) is 6.53. The number of carbonyl (C=O) groups excluding carboxylic acids is 1. The summed E-state index contributed by atoms with van der Waals surface area (Å²) in [7, 11) is -2.49. The summed E-state index contributed by atoms with van der Waals surface area (Å²) in [5, 5.41) is 4.44. The fourth-order valence-electron chi connectivity index (χ4n) is 1.61. The normalized spacial score (nSPS) is 11.0. The first-order valence-corrected chi connectivity index (χ1v) is 8.16. The lowest BCUT2D eigenvalue weighted by Crippen LogP contribution is -2.15. The summed E-state index contributed by atoms with van der Waals surface area (Å²) in [4.78, 5) is 14.9. The number of nitrogens with zero attached hydrogens (tertiary/aromatic N) is 1. The van der Waals surface area contributed by atoms with Crippen LogP contribution in [-0.2, 0) is 14.8 Å². The molecule has 2 rings (SSSR count). The van der Waals surface area contributed by atoms with Crippen molar-refractivity contribution < 1.29 is 17.9 Å². The number of nitrogens with one attached hydrogen (secondary N) is 2. The van der Waals surface area contributed by atoms with Gasteiger partial charge < -0.3 is 10.1 Å². The largest absolute Gasteiger partial charge is 0.495 e. The number of methoxy groups -OCH3 is 1. The molecular formula is C12H13N3O4S2. The first-order valence-electron chi connectivity index (χ1n) is 5.80. The molecule has 0 aliphatic rings. The average Bonchev–Trinajstić information content (AvgIpc) is 2.90. The Morgan fingerprint density at radius 3 is 2.71 bits per heavy atom. The number of benzene rings is 1. The molecule has 1 amide bonds. The van der Waals surface area contributed by atoms with Gasteiger partial charge in [-0.2, -0.15) is 0 Å². The van der Waals surface area contributed by atoms with Crippen LogP contribution in [0.2, 0.25) is 0 Å². The third-order valence-electron chi connectivity index (χ3n) is 2.43. The number of hydrogen-bond acceptors (Lipinski definition) is 6. The van der Waals surface area contributed by atoms with E-state index in [0.29, 0.717) is 5.69 Å². The standard InChI is InChI=1S/C12H13N3O4S2/c1-8(16)14-9-3-4-10(19-2)11(7-9)21(17,18)15-12-13-5-6-20-12/h3-7H,1-2H3,(H,13,15)(H,14,16). The lowest BCUT2D eigenvalue weighted by atomic mass is 10.3. The van der Waals surface area contributed by atoms with Gasteiger partial charge in [0.05, 0.1) is 7.11 Å². The van der Waals surface area contributed by atoms with Gasteiger partial charge in [-0.15, -0.1) is 11.3 Å². The topological polar surface area (TPSA) is 97.4 Å². The molecule has 2 aromatic rings. The highest BCUT2D eigenvalue weighted by Crippen LogP contribution is 2.29. The minimum absolute atomic E-state index is 0.0774. The van der Waals surface area contributed by atoms with Crippen LogP contribution >= 0.6 is 11.3 Å². The van der Waals surface area contributed by atoms with Gasteiger partial charge in [0, 0.05) is 24.2 Å². The first kappa shape index (κ1) is 15.3. The minimum atomic E-state index is -3.86. The van der Waals surface area contributed by atoms with Crippen molar-refractivity contribution in [1.82, 2.24) is 4.98 Å². The molecule has 0 aliphatic heterocycles. The van der Waals surface area contributed by atoms with Gasteiger partial charge in [-0.1, -0.05) is 0 Å². The van der Waals surface area contributed by atoms with Crippen molar-refractivity contribution in [3.63, 3.8) is 0 Å². The zero-order chi connectivity index (χ0) is 15.5. The van der Waals surface area contributed by atoms with Gasteiger partial charge in [-0.3, -0.25) is 9.52 Å². The summed E-state index contributed by atoms with van der Waals surface area (Å²) in [5.74, 6) is -0.121. The quantitative estimate of drug-likeness (QED) is 0.874.